The predicted octanol–water partition coefficient (Wildman–Crippen LogP) is 2.51. The van der Waals surface area contributed by atoms with Crippen LogP contribution in [0.5, 0.6) is 0 Å². The van der Waals surface area contributed by atoms with E-state index in [1.807, 2.05) is 0 Å². The van der Waals surface area contributed by atoms with Crippen LogP contribution in [0.25, 0.3) is 0 Å². The van der Waals surface area contributed by atoms with Crippen LogP contribution in [0.4, 0.5) is 0 Å². The third kappa shape index (κ3) is 3.57. The van der Waals surface area contributed by atoms with Gasteiger partial charge in [0.1, 0.15) is 0 Å². The fourth-order valence-electron chi connectivity index (χ4n) is 1.65. The van der Waals surface area contributed by atoms with Gasteiger partial charge >= 0.3 is 0 Å². The highest BCUT2D eigenvalue weighted by atomic mass is 16.2. The molecule has 0 radical (unpaired) electrons. The maximum absolute atomic E-state index is 8.52. The van der Waals surface area contributed by atoms with Crippen LogP contribution >= 0.6 is 0 Å². The molecule has 64 valence electrons. The van der Waals surface area contributed by atoms with E-state index >= 15 is 0 Å². The molecule has 0 aromatic carbocycles. The van der Waals surface area contributed by atoms with Crippen molar-refractivity contribution in [3.63, 3.8) is 0 Å². The number of hydrogen-bond acceptors (Lipinski definition) is 1. The van der Waals surface area contributed by atoms with Crippen LogP contribution in [0.2, 0.25) is 0 Å². The van der Waals surface area contributed by atoms with Crippen molar-refractivity contribution in [1.82, 2.24) is 0 Å². The summed E-state index contributed by atoms with van der Waals surface area (Å²) in [7, 11) is 0. The van der Waals surface area contributed by atoms with Crippen molar-refractivity contribution < 1.29 is 5.11 Å². The van der Waals surface area contributed by atoms with Crippen LogP contribution in [0, 0.1) is 5.92 Å². The van der Waals surface area contributed by atoms with Crippen LogP contribution < -0.4 is 0 Å². The Balaban J connectivity index is 2.03. The largest absolute Gasteiger partial charge is 0.396 e. The van der Waals surface area contributed by atoms with E-state index in [-0.39, 0.29) is 0 Å². The highest BCUT2D eigenvalue weighted by molar-refractivity contribution is 4.90. The lowest BCUT2D eigenvalue weighted by Crippen LogP contribution is -1.86. The summed E-state index contributed by atoms with van der Waals surface area (Å²) in [4.78, 5) is 0. The molecule has 0 aliphatic heterocycles. The zero-order valence-electron chi connectivity index (χ0n) is 7.13. The quantitative estimate of drug-likeness (QED) is 0.487. The van der Waals surface area contributed by atoms with E-state index in [4.69, 9.17) is 5.11 Å². The van der Waals surface area contributed by atoms with Crippen LogP contribution in [0.3, 0.4) is 0 Å². The summed E-state index contributed by atoms with van der Waals surface area (Å²) >= 11 is 0. The summed E-state index contributed by atoms with van der Waals surface area (Å²) in [5, 5.41) is 8.52. The molecule has 0 aromatic rings. The van der Waals surface area contributed by atoms with E-state index in [0.29, 0.717) is 6.61 Å². The maximum atomic E-state index is 8.52. The Morgan fingerprint density at radius 1 is 1.27 bits per heavy atom. The first-order valence-corrected chi connectivity index (χ1v) is 4.71. The lowest BCUT2D eigenvalue weighted by molar-refractivity contribution is 0.289. The highest BCUT2D eigenvalue weighted by Gasteiger charge is 2.10. The highest BCUT2D eigenvalue weighted by Crippen LogP contribution is 2.25. The normalized spacial score (nSPS) is 20.1. The number of rotatable bonds is 4. The van der Waals surface area contributed by atoms with Crippen molar-refractivity contribution in [1.29, 1.82) is 0 Å². The summed E-state index contributed by atoms with van der Waals surface area (Å²) in [5.74, 6) is 0.855. The van der Waals surface area contributed by atoms with Gasteiger partial charge in [0.05, 0.1) is 0 Å². The number of hydrogen-bond donors (Lipinski definition) is 1. The molecule has 1 aliphatic rings. The Kier molecular flexibility index (Phi) is 4.29. The Morgan fingerprint density at radius 2 is 2.00 bits per heavy atom. The van der Waals surface area contributed by atoms with Gasteiger partial charge in [0.2, 0.25) is 0 Å². The molecule has 0 saturated heterocycles. The first kappa shape index (κ1) is 8.79. The second-order valence-corrected chi connectivity index (χ2v) is 3.34. The van der Waals surface area contributed by atoms with Crippen molar-refractivity contribution in [2.75, 3.05) is 6.61 Å². The summed E-state index contributed by atoms with van der Waals surface area (Å²) in [6.07, 6.45) is 12.1. The van der Waals surface area contributed by atoms with Crippen molar-refractivity contribution in [3.05, 3.63) is 12.2 Å². The van der Waals surface area contributed by atoms with Crippen LogP contribution in [0.1, 0.15) is 38.5 Å². The minimum Gasteiger partial charge on any atom is -0.396 e. The minimum atomic E-state index is 0.328. The van der Waals surface area contributed by atoms with Gasteiger partial charge in [0, 0.05) is 6.61 Å². The monoisotopic (exact) mass is 154 g/mol. The van der Waals surface area contributed by atoms with Crippen LogP contribution in [-0.4, -0.2) is 11.7 Å². The molecular weight excluding hydrogens is 136 g/mol. The Morgan fingerprint density at radius 3 is 2.64 bits per heavy atom. The second kappa shape index (κ2) is 5.36. The fourth-order valence-corrected chi connectivity index (χ4v) is 1.65. The van der Waals surface area contributed by atoms with Gasteiger partial charge in [-0.1, -0.05) is 25.0 Å². The molecule has 1 N–H and O–H groups in total. The lowest BCUT2D eigenvalue weighted by Gasteiger charge is -1.98. The summed E-state index contributed by atoms with van der Waals surface area (Å²) in [6, 6.07) is 0. The zero-order valence-corrected chi connectivity index (χ0v) is 7.13. The first-order valence-electron chi connectivity index (χ1n) is 4.71. The zero-order chi connectivity index (χ0) is 7.94. The number of unbranched alkanes of at least 4 members (excludes halogenated alkanes) is 1. The third-order valence-corrected chi connectivity index (χ3v) is 2.34. The van der Waals surface area contributed by atoms with Crippen molar-refractivity contribution >= 4 is 0 Å². The number of allylic oxidation sites excluding steroid dienone is 2. The first-order chi connectivity index (χ1) is 5.43. The van der Waals surface area contributed by atoms with Gasteiger partial charge in [-0.3, -0.25) is 0 Å². The second-order valence-electron chi connectivity index (χ2n) is 3.34. The fraction of sp³-hybridized carbons (Fsp3) is 0.800. The topological polar surface area (TPSA) is 20.2 Å². The van der Waals surface area contributed by atoms with Crippen LogP contribution in [-0.2, 0) is 0 Å². The molecule has 1 fully saturated rings. The molecule has 1 heteroatoms. The Bertz CT molecular complexity index is 112. The number of aliphatic hydroxyl groups excluding tert-OH is 1. The predicted molar refractivity (Wildman–Crippen MR) is 47.4 cm³/mol. The minimum absolute atomic E-state index is 0.328. The molecule has 11 heavy (non-hydrogen) atoms. The molecule has 0 heterocycles. The van der Waals surface area contributed by atoms with Gasteiger partial charge < -0.3 is 5.11 Å². The van der Waals surface area contributed by atoms with E-state index in [1.54, 1.807) is 0 Å². The van der Waals surface area contributed by atoms with E-state index in [9.17, 15) is 0 Å². The SMILES string of the molecule is OCCC/C=C/C1CCCC1. The van der Waals surface area contributed by atoms with Gasteiger partial charge in [-0.25, -0.2) is 0 Å². The van der Waals surface area contributed by atoms with Crippen molar-refractivity contribution in [3.8, 4) is 0 Å². The van der Waals surface area contributed by atoms with E-state index in [2.05, 4.69) is 12.2 Å². The molecular formula is C10H18O. The lowest BCUT2D eigenvalue weighted by atomic mass is 10.1. The standard InChI is InChI=1S/C10H18O/c11-9-5-1-2-6-10-7-3-4-8-10/h2,6,10-11H,1,3-5,7-9H2/b6-2+. The molecule has 0 spiro atoms. The summed E-state index contributed by atoms with van der Waals surface area (Å²) in [5.41, 5.74) is 0. The van der Waals surface area contributed by atoms with Gasteiger partial charge in [0.25, 0.3) is 0 Å². The Hall–Kier alpha value is -0.300. The summed E-state index contributed by atoms with van der Waals surface area (Å²) in [6.45, 7) is 0.328. The molecule has 1 aliphatic carbocycles. The maximum Gasteiger partial charge on any atom is 0.0433 e. The molecule has 0 aromatic heterocycles. The number of aliphatic hydroxyl groups is 1. The molecule has 0 bridgehead atoms. The van der Waals surface area contributed by atoms with Gasteiger partial charge in [-0.05, 0) is 31.6 Å². The molecule has 1 saturated carbocycles. The molecule has 1 nitrogen and oxygen atoms in total. The molecule has 0 unspecified atom stereocenters. The van der Waals surface area contributed by atoms with Gasteiger partial charge in [0.15, 0.2) is 0 Å². The van der Waals surface area contributed by atoms with E-state index in [1.165, 1.54) is 25.7 Å². The Labute approximate surface area is 69.1 Å². The van der Waals surface area contributed by atoms with Gasteiger partial charge in [-0.15, -0.1) is 0 Å². The average Bonchev–Trinajstić information content (AvgIpc) is 2.50. The van der Waals surface area contributed by atoms with Crippen LogP contribution in [0.15, 0.2) is 12.2 Å². The molecule has 1 rings (SSSR count). The molecule has 0 amide bonds. The van der Waals surface area contributed by atoms with Gasteiger partial charge in [-0.2, -0.15) is 0 Å². The molecule has 0 atom stereocenters. The van der Waals surface area contributed by atoms with Crippen molar-refractivity contribution in [2.24, 2.45) is 5.92 Å². The third-order valence-electron chi connectivity index (χ3n) is 2.34. The smallest absolute Gasteiger partial charge is 0.0433 e. The van der Waals surface area contributed by atoms with E-state index in [0.717, 1.165) is 18.8 Å². The average molecular weight is 154 g/mol. The van der Waals surface area contributed by atoms with Crippen molar-refractivity contribution in [2.45, 2.75) is 38.5 Å². The van der Waals surface area contributed by atoms with E-state index < -0.39 is 0 Å². The summed E-state index contributed by atoms with van der Waals surface area (Å²) < 4.78 is 0.